The highest BCUT2D eigenvalue weighted by molar-refractivity contribution is 7.68. The van der Waals surface area contributed by atoms with Crippen molar-refractivity contribution < 1.29 is 4.52 Å². The molecule has 0 aromatic heterocycles. The van der Waals surface area contributed by atoms with Crippen LogP contribution in [-0.2, 0) is 0 Å². The number of nitrogens with one attached hydrogen (secondary N) is 1. The number of hydrogen-bond donors (Lipinski definition) is 1. The van der Waals surface area contributed by atoms with Gasteiger partial charge in [-0.2, -0.15) is 0 Å². The first-order valence-electron chi connectivity index (χ1n) is 9.75. The predicted molar refractivity (Wildman–Crippen MR) is 123 cm³/mol. The van der Waals surface area contributed by atoms with Crippen molar-refractivity contribution in [2.24, 2.45) is 0 Å². The molecule has 0 aliphatic heterocycles. The van der Waals surface area contributed by atoms with Crippen molar-refractivity contribution in [1.29, 1.82) is 0 Å². The first kappa shape index (κ1) is 19.4. The molecule has 0 bridgehead atoms. The van der Waals surface area contributed by atoms with Crippen LogP contribution in [0.15, 0.2) is 115 Å². The van der Waals surface area contributed by atoms with Gasteiger partial charge in [0.1, 0.15) is 5.75 Å². The molecule has 0 saturated heterocycles. The summed E-state index contributed by atoms with van der Waals surface area (Å²) >= 11 is 0. The second-order valence-corrected chi connectivity index (χ2v) is 8.56. The molecule has 29 heavy (non-hydrogen) atoms. The molecule has 0 heterocycles. The van der Waals surface area contributed by atoms with Gasteiger partial charge in [0.05, 0.1) is 6.04 Å². The zero-order chi connectivity index (χ0) is 19.9. The Bertz CT molecular complexity index is 965. The highest BCUT2D eigenvalue weighted by atomic mass is 31.1. The molecule has 0 aliphatic carbocycles. The topological polar surface area (TPSA) is 21.3 Å². The Balaban J connectivity index is 1.59. The summed E-state index contributed by atoms with van der Waals surface area (Å²) in [6.45, 7) is 0. The van der Waals surface area contributed by atoms with E-state index in [1.807, 2.05) is 25.2 Å². The van der Waals surface area contributed by atoms with Crippen LogP contribution in [0.25, 0.3) is 0 Å². The van der Waals surface area contributed by atoms with Gasteiger partial charge >= 0.3 is 0 Å². The zero-order valence-electron chi connectivity index (χ0n) is 16.4. The van der Waals surface area contributed by atoms with E-state index in [0.717, 1.165) is 5.75 Å². The quantitative estimate of drug-likeness (QED) is 0.420. The minimum Gasteiger partial charge on any atom is -0.464 e. The lowest BCUT2D eigenvalue weighted by Crippen LogP contribution is -2.17. The lowest BCUT2D eigenvalue weighted by atomic mass is 9.99. The van der Waals surface area contributed by atoms with Gasteiger partial charge in [-0.15, -0.1) is 0 Å². The van der Waals surface area contributed by atoms with Crippen LogP contribution in [0.2, 0.25) is 0 Å². The van der Waals surface area contributed by atoms with E-state index in [-0.39, 0.29) is 6.04 Å². The normalized spacial score (nSPS) is 11.9. The van der Waals surface area contributed by atoms with Crippen molar-refractivity contribution in [2.75, 3.05) is 7.05 Å². The molecule has 1 unspecified atom stereocenters. The molecule has 4 aromatic carbocycles. The highest BCUT2D eigenvalue weighted by Crippen LogP contribution is 2.37. The van der Waals surface area contributed by atoms with E-state index in [0.29, 0.717) is 0 Å². The molecule has 0 amide bonds. The summed E-state index contributed by atoms with van der Waals surface area (Å²) in [5, 5.41) is 5.82. The third-order valence-corrected chi connectivity index (χ3v) is 6.74. The molecule has 0 aliphatic rings. The average molecular weight is 397 g/mol. The third kappa shape index (κ3) is 4.74. The van der Waals surface area contributed by atoms with E-state index in [1.54, 1.807) is 0 Å². The first-order valence-corrected chi connectivity index (χ1v) is 11.0. The molecule has 0 spiro atoms. The number of rotatable bonds is 7. The minimum atomic E-state index is -0.915. The Morgan fingerprint density at radius 1 is 0.586 bits per heavy atom. The van der Waals surface area contributed by atoms with Crippen LogP contribution in [0.5, 0.6) is 5.75 Å². The van der Waals surface area contributed by atoms with Crippen LogP contribution < -0.4 is 20.4 Å². The minimum absolute atomic E-state index is 0.162. The second kappa shape index (κ2) is 9.52. The van der Waals surface area contributed by atoms with E-state index in [4.69, 9.17) is 4.52 Å². The summed E-state index contributed by atoms with van der Waals surface area (Å²) in [5.41, 5.74) is 2.47. The van der Waals surface area contributed by atoms with E-state index >= 15 is 0 Å². The fraction of sp³-hybridized carbons (Fsp3) is 0.0769. The summed E-state index contributed by atoms with van der Waals surface area (Å²) in [6.07, 6.45) is 0. The van der Waals surface area contributed by atoms with Crippen molar-refractivity contribution >= 4 is 18.8 Å². The highest BCUT2D eigenvalue weighted by Gasteiger charge is 2.17. The fourth-order valence-corrected chi connectivity index (χ4v) is 5.11. The molecule has 4 aromatic rings. The van der Waals surface area contributed by atoms with Crippen molar-refractivity contribution in [3.63, 3.8) is 0 Å². The standard InChI is InChI=1S/C26H24NOP/c1-27-26(21-11-5-2-6-12-21)22-17-19-23(20-18-22)28-29(24-13-7-3-8-14-24)25-15-9-4-10-16-25/h2-20,26-27H,1H3. The van der Waals surface area contributed by atoms with Gasteiger partial charge in [-0.1, -0.05) is 103 Å². The number of hydrogen-bond acceptors (Lipinski definition) is 2. The van der Waals surface area contributed by atoms with Crippen molar-refractivity contribution in [3.05, 3.63) is 126 Å². The van der Waals surface area contributed by atoms with Crippen LogP contribution in [0.4, 0.5) is 0 Å². The fourth-order valence-electron chi connectivity index (χ4n) is 3.38. The largest absolute Gasteiger partial charge is 0.464 e. The first-order chi connectivity index (χ1) is 14.3. The van der Waals surface area contributed by atoms with Gasteiger partial charge in [-0.25, -0.2) is 0 Å². The van der Waals surface area contributed by atoms with Crippen LogP contribution in [0.3, 0.4) is 0 Å². The maximum absolute atomic E-state index is 6.51. The SMILES string of the molecule is CNC(c1ccccc1)c1ccc(OP(c2ccccc2)c2ccccc2)cc1. The Labute approximate surface area is 174 Å². The van der Waals surface area contributed by atoms with Crippen molar-refractivity contribution in [1.82, 2.24) is 5.32 Å². The van der Waals surface area contributed by atoms with Gasteiger partial charge in [0, 0.05) is 10.6 Å². The Morgan fingerprint density at radius 2 is 1.03 bits per heavy atom. The van der Waals surface area contributed by atoms with Gasteiger partial charge < -0.3 is 9.84 Å². The van der Waals surface area contributed by atoms with Crippen LogP contribution in [0, 0.1) is 0 Å². The van der Waals surface area contributed by atoms with E-state index in [1.165, 1.54) is 21.7 Å². The maximum atomic E-state index is 6.51. The van der Waals surface area contributed by atoms with E-state index in [2.05, 4.69) is 102 Å². The molecule has 4 rings (SSSR count). The van der Waals surface area contributed by atoms with Gasteiger partial charge in [-0.05, 0) is 30.3 Å². The van der Waals surface area contributed by atoms with Gasteiger partial charge in [0.2, 0.25) is 0 Å². The predicted octanol–water partition coefficient (Wildman–Crippen LogP) is 5.42. The van der Waals surface area contributed by atoms with E-state index < -0.39 is 8.15 Å². The van der Waals surface area contributed by atoms with Crippen LogP contribution in [-0.4, -0.2) is 7.05 Å². The average Bonchev–Trinajstić information content (AvgIpc) is 2.81. The van der Waals surface area contributed by atoms with Gasteiger partial charge in [-0.3, -0.25) is 0 Å². The summed E-state index contributed by atoms with van der Waals surface area (Å²) in [5.74, 6) is 0.885. The zero-order valence-corrected chi connectivity index (χ0v) is 17.3. The molecule has 0 saturated carbocycles. The monoisotopic (exact) mass is 397 g/mol. The second-order valence-electron chi connectivity index (χ2n) is 6.76. The molecule has 0 radical (unpaired) electrons. The summed E-state index contributed by atoms with van der Waals surface area (Å²) < 4.78 is 6.51. The van der Waals surface area contributed by atoms with Crippen LogP contribution in [0.1, 0.15) is 17.2 Å². The Hall–Kier alpha value is -2.93. The van der Waals surface area contributed by atoms with E-state index in [9.17, 15) is 0 Å². The smallest absolute Gasteiger partial charge is 0.150 e. The van der Waals surface area contributed by atoms with Gasteiger partial charge in [0.25, 0.3) is 0 Å². The summed E-state index contributed by atoms with van der Waals surface area (Å²) in [6, 6.07) is 40.0. The lowest BCUT2D eigenvalue weighted by molar-refractivity contribution is 0.627. The van der Waals surface area contributed by atoms with Crippen molar-refractivity contribution in [2.45, 2.75) is 6.04 Å². The van der Waals surface area contributed by atoms with Crippen molar-refractivity contribution in [3.8, 4) is 5.75 Å². The Kier molecular flexibility index (Phi) is 6.36. The molecular formula is C26H24NOP. The number of benzene rings is 4. The molecule has 3 heteroatoms. The third-order valence-electron chi connectivity index (χ3n) is 4.81. The Morgan fingerprint density at radius 3 is 1.52 bits per heavy atom. The molecule has 144 valence electrons. The molecule has 2 nitrogen and oxygen atoms in total. The molecule has 1 N–H and O–H groups in total. The molecular weight excluding hydrogens is 373 g/mol. The lowest BCUT2D eigenvalue weighted by Gasteiger charge is -2.21. The molecule has 0 fully saturated rings. The van der Waals surface area contributed by atoms with Gasteiger partial charge in [0.15, 0.2) is 8.15 Å². The molecule has 1 atom stereocenters. The summed E-state index contributed by atoms with van der Waals surface area (Å²) in [7, 11) is 1.08. The van der Waals surface area contributed by atoms with Crippen LogP contribution >= 0.6 is 8.15 Å². The summed E-state index contributed by atoms with van der Waals surface area (Å²) in [4.78, 5) is 0. The maximum Gasteiger partial charge on any atom is 0.150 e.